The fourth-order valence-corrected chi connectivity index (χ4v) is 2.73. The first-order valence-electron chi connectivity index (χ1n) is 6.63. The Kier molecular flexibility index (Phi) is 5.55. The summed E-state index contributed by atoms with van der Waals surface area (Å²) < 4.78 is 31.3. The van der Waals surface area contributed by atoms with Gasteiger partial charge in [-0.15, -0.1) is 11.8 Å². The van der Waals surface area contributed by atoms with Crippen molar-refractivity contribution in [2.45, 2.75) is 23.3 Å². The average molecular weight is 317 g/mol. The number of hydrogen-bond donors (Lipinski definition) is 2. The summed E-state index contributed by atoms with van der Waals surface area (Å²) >= 11 is 0.989. The Labute approximate surface area is 125 Å². The third kappa shape index (κ3) is 4.94. The molecule has 2 N–H and O–H groups in total. The fraction of sp³-hybridized carbons (Fsp3) is 0.500. The van der Waals surface area contributed by atoms with E-state index in [1.807, 2.05) is 0 Å². The molecule has 1 fully saturated rings. The zero-order valence-corrected chi connectivity index (χ0v) is 12.2. The second-order valence-electron chi connectivity index (χ2n) is 4.98. The normalized spacial score (nSPS) is 17.5. The number of thioether (sulfide) groups is 1. The molecule has 0 spiro atoms. The van der Waals surface area contributed by atoms with Crippen LogP contribution in [0.15, 0.2) is 23.1 Å². The Morgan fingerprint density at radius 3 is 2.76 bits per heavy atom. The van der Waals surface area contributed by atoms with Gasteiger partial charge in [-0.2, -0.15) is 0 Å². The predicted molar refractivity (Wildman–Crippen MR) is 75.1 cm³/mol. The zero-order chi connectivity index (χ0) is 15.3. The van der Waals surface area contributed by atoms with Crippen LogP contribution in [0.2, 0.25) is 0 Å². The van der Waals surface area contributed by atoms with E-state index >= 15 is 0 Å². The number of benzene rings is 1. The van der Waals surface area contributed by atoms with Crippen LogP contribution in [-0.2, 0) is 9.53 Å². The van der Waals surface area contributed by atoms with E-state index in [0.29, 0.717) is 26.1 Å². The van der Waals surface area contributed by atoms with Gasteiger partial charge >= 0.3 is 0 Å². The number of hydrogen-bond acceptors (Lipinski definition) is 4. The van der Waals surface area contributed by atoms with Gasteiger partial charge in [0.05, 0.1) is 11.4 Å². The first-order chi connectivity index (χ1) is 9.98. The molecule has 0 atom stereocenters. The van der Waals surface area contributed by atoms with E-state index in [4.69, 9.17) is 4.74 Å². The highest BCUT2D eigenvalue weighted by atomic mass is 32.2. The van der Waals surface area contributed by atoms with Crippen LogP contribution in [0.4, 0.5) is 8.78 Å². The van der Waals surface area contributed by atoms with Gasteiger partial charge in [0.25, 0.3) is 0 Å². The van der Waals surface area contributed by atoms with Crippen LogP contribution in [0.25, 0.3) is 0 Å². The number of amides is 1. The summed E-state index contributed by atoms with van der Waals surface area (Å²) in [6.07, 6.45) is 0.958. The highest BCUT2D eigenvalue weighted by molar-refractivity contribution is 8.00. The number of carbonyl (C=O) groups is 1. The minimum absolute atomic E-state index is 0.00906. The number of nitrogens with one attached hydrogen (secondary N) is 1. The van der Waals surface area contributed by atoms with Gasteiger partial charge in [0.1, 0.15) is 11.6 Å². The van der Waals surface area contributed by atoms with Gasteiger partial charge in [0.2, 0.25) is 5.91 Å². The average Bonchev–Trinajstić information content (AvgIpc) is 2.45. The molecule has 7 heteroatoms. The molecule has 1 aromatic rings. The van der Waals surface area contributed by atoms with Crippen molar-refractivity contribution in [3.8, 4) is 0 Å². The monoisotopic (exact) mass is 317 g/mol. The van der Waals surface area contributed by atoms with Crippen LogP contribution >= 0.6 is 11.8 Å². The zero-order valence-electron chi connectivity index (χ0n) is 11.4. The molecule has 0 radical (unpaired) electrons. The van der Waals surface area contributed by atoms with Crippen molar-refractivity contribution < 1.29 is 23.4 Å². The maximum atomic E-state index is 13.4. The number of rotatable bonds is 5. The number of ether oxygens (including phenoxy) is 1. The van der Waals surface area contributed by atoms with Crippen molar-refractivity contribution in [2.24, 2.45) is 0 Å². The van der Waals surface area contributed by atoms with Crippen LogP contribution in [-0.4, -0.2) is 42.1 Å². The molecule has 1 amide bonds. The summed E-state index contributed by atoms with van der Waals surface area (Å²) in [5.41, 5.74) is -0.931. The maximum absolute atomic E-state index is 13.4. The lowest BCUT2D eigenvalue weighted by Crippen LogP contribution is -2.47. The summed E-state index contributed by atoms with van der Waals surface area (Å²) in [5, 5.41) is 12.8. The highest BCUT2D eigenvalue weighted by Gasteiger charge is 2.30. The third-order valence-corrected chi connectivity index (χ3v) is 4.34. The van der Waals surface area contributed by atoms with Gasteiger partial charge in [-0.25, -0.2) is 8.78 Å². The van der Waals surface area contributed by atoms with E-state index in [2.05, 4.69) is 5.32 Å². The summed E-state index contributed by atoms with van der Waals surface area (Å²) in [6.45, 7) is 1.10. The molecule has 1 heterocycles. The lowest BCUT2D eigenvalue weighted by molar-refractivity contribution is -0.121. The lowest BCUT2D eigenvalue weighted by Gasteiger charge is -2.32. The van der Waals surface area contributed by atoms with E-state index in [9.17, 15) is 18.7 Å². The molecule has 0 aliphatic carbocycles. The maximum Gasteiger partial charge on any atom is 0.230 e. The van der Waals surface area contributed by atoms with Crippen LogP contribution in [0.1, 0.15) is 12.8 Å². The summed E-state index contributed by atoms with van der Waals surface area (Å²) in [4.78, 5) is 11.9. The molecule has 1 saturated heterocycles. The fourth-order valence-electron chi connectivity index (χ4n) is 1.98. The van der Waals surface area contributed by atoms with Gasteiger partial charge in [0, 0.05) is 43.6 Å². The summed E-state index contributed by atoms with van der Waals surface area (Å²) in [5.74, 6) is -1.63. The van der Waals surface area contributed by atoms with Crippen molar-refractivity contribution in [1.82, 2.24) is 5.32 Å². The van der Waals surface area contributed by atoms with E-state index in [1.165, 1.54) is 6.07 Å². The molecule has 0 bridgehead atoms. The molecule has 2 rings (SSSR count). The van der Waals surface area contributed by atoms with Crippen LogP contribution in [0.5, 0.6) is 0 Å². The Morgan fingerprint density at radius 2 is 2.10 bits per heavy atom. The molecule has 0 aromatic heterocycles. The number of aliphatic hydroxyl groups is 1. The van der Waals surface area contributed by atoms with Crippen molar-refractivity contribution >= 4 is 17.7 Å². The molecule has 21 heavy (non-hydrogen) atoms. The third-order valence-electron chi connectivity index (χ3n) is 3.29. The topological polar surface area (TPSA) is 58.6 Å². The Bertz CT molecular complexity index is 507. The van der Waals surface area contributed by atoms with Crippen molar-refractivity contribution in [3.05, 3.63) is 29.8 Å². The minimum Gasteiger partial charge on any atom is -0.388 e. The number of halogens is 2. The van der Waals surface area contributed by atoms with Crippen LogP contribution in [0.3, 0.4) is 0 Å². The smallest absolute Gasteiger partial charge is 0.230 e. The van der Waals surface area contributed by atoms with E-state index in [0.717, 1.165) is 23.9 Å². The molecule has 0 unspecified atom stereocenters. The van der Waals surface area contributed by atoms with Gasteiger partial charge in [-0.3, -0.25) is 4.79 Å². The van der Waals surface area contributed by atoms with Gasteiger partial charge in [-0.05, 0) is 12.1 Å². The first kappa shape index (κ1) is 16.2. The largest absolute Gasteiger partial charge is 0.388 e. The highest BCUT2D eigenvalue weighted by Crippen LogP contribution is 2.22. The number of carbonyl (C=O) groups excluding carboxylic acids is 1. The SMILES string of the molecule is O=C(CSc1ccc(F)cc1F)NCC1(O)CCOCC1. The van der Waals surface area contributed by atoms with Crippen molar-refractivity contribution in [3.63, 3.8) is 0 Å². The van der Waals surface area contributed by atoms with Crippen molar-refractivity contribution in [2.75, 3.05) is 25.5 Å². The van der Waals surface area contributed by atoms with Gasteiger partial charge < -0.3 is 15.2 Å². The van der Waals surface area contributed by atoms with E-state index < -0.39 is 17.2 Å². The molecule has 1 aromatic carbocycles. The van der Waals surface area contributed by atoms with Crippen LogP contribution < -0.4 is 5.32 Å². The second kappa shape index (κ2) is 7.20. The molecule has 1 aliphatic heterocycles. The molecule has 116 valence electrons. The lowest BCUT2D eigenvalue weighted by atomic mass is 9.94. The molecule has 4 nitrogen and oxygen atoms in total. The Hall–Kier alpha value is -1.18. The van der Waals surface area contributed by atoms with Crippen molar-refractivity contribution in [1.29, 1.82) is 0 Å². The Balaban J connectivity index is 1.77. The molecular formula is C14H17F2NO3S. The summed E-state index contributed by atoms with van der Waals surface area (Å²) in [7, 11) is 0. The first-order valence-corrected chi connectivity index (χ1v) is 7.62. The standard InChI is InChI=1S/C14H17F2NO3S/c15-10-1-2-12(11(16)7-10)21-8-13(18)17-9-14(19)3-5-20-6-4-14/h1-2,7,19H,3-6,8-9H2,(H,17,18). The molecular weight excluding hydrogens is 300 g/mol. The minimum atomic E-state index is -0.931. The summed E-state index contributed by atoms with van der Waals surface area (Å²) in [6, 6.07) is 3.23. The van der Waals surface area contributed by atoms with Crippen LogP contribution in [0, 0.1) is 11.6 Å². The second-order valence-corrected chi connectivity index (χ2v) is 5.99. The Morgan fingerprint density at radius 1 is 1.38 bits per heavy atom. The van der Waals surface area contributed by atoms with E-state index in [-0.39, 0.29) is 23.1 Å². The van der Waals surface area contributed by atoms with Gasteiger partial charge in [-0.1, -0.05) is 0 Å². The quantitative estimate of drug-likeness (QED) is 0.812. The molecule has 1 aliphatic rings. The van der Waals surface area contributed by atoms with Gasteiger partial charge in [0.15, 0.2) is 0 Å². The predicted octanol–water partition coefficient (Wildman–Crippen LogP) is 1.71. The van der Waals surface area contributed by atoms with E-state index in [1.54, 1.807) is 0 Å². The molecule has 0 saturated carbocycles.